The Morgan fingerprint density at radius 1 is 1.36 bits per heavy atom. The van der Waals surface area contributed by atoms with Crippen LogP contribution in [0.3, 0.4) is 0 Å². The van der Waals surface area contributed by atoms with Crippen molar-refractivity contribution in [3.05, 3.63) is 47.5 Å². The summed E-state index contributed by atoms with van der Waals surface area (Å²) in [5, 5.41) is 0.396. The van der Waals surface area contributed by atoms with Gasteiger partial charge >= 0.3 is 0 Å². The minimum absolute atomic E-state index is 0.396. The lowest BCUT2D eigenvalue weighted by Crippen LogP contribution is -1.96. The molecule has 2 rings (SSSR count). The van der Waals surface area contributed by atoms with Gasteiger partial charge in [0.25, 0.3) is 0 Å². The Hall–Kier alpha value is -1.28. The van der Waals surface area contributed by atoms with Crippen molar-refractivity contribution in [3.63, 3.8) is 0 Å². The number of rotatable bonds is 2. The van der Waals surface area contributed by atoms with Crippen LogP contribution in [-0.2, 0) is 0 Å². The molecule has 0 fully saturated rings. The molecule has 0 radical (unpaired) electrons. The fourth-order valence-corrected chi connectivity index (χ4v) is 1.40. The van der Waals surface area contributed by atoms with Gasteiger partial charge in [0.1, 0.15) is 5.76 Å². The highest BCUT2D eigenvalue weighted by atomic mass is 35.5. The van der Waals surface area contributed by atoms with Crippen molar-refractivity contribution in [3.8, 4) is 5.75 Å². The molecule has 1 aliphatic carbocycles. The van der Waals surface area contributed by atoms with Crippen LogP contribution in [0.2, 0.25) is 5.15 Å². The van der Waals surface area contributed by atoms with Crippen LogP contribution in [-0.4, -0.2) is 4.98 Å². The smallest absolute Gasteiger partial charge is 0.171 e. The molecule has 0 bridgehead atoms. The first-order valence-corrected chi connectivity index (χ1v) is 4.89. The minimum Gasteiger partial charge on any atom is -0.454 e. The fourth-order valence-electron chi connectivity index (χ4n) is 1.24. The van der Waals surface area contributed by atoms with E-state index in [1.54, 1.807) is 18.3 Å². The van der Waals surface area contributed by atoms with Crippen LogP contribution in [0.15, 0.2) is 42.3 Å². The minimum atomic E-state index is 0.396. The van der Waals surface area contributed by atoms with E-state index in [0.717, 1.165) is 18.6 Å². The van der Waals surface area contributed by atoms with Crippen molar-refractivity contribution in [1.82, 2.24) is 4.98 Å². The Balaban J connectivity index is 2.14. The zero-order valence-electron chi connectivity index (χ0n) is 7.61. The molecule has 0 amide bonds. The van der Waals surface area contributed by atoms with Crippen LogP contribution in [0, 0.1) is 0 Å². The van der Waals surface area contributed by atoms with Crippen molar-refractivity contribution >= 4 is 11.6 Å². The summed E-state index contributed by atoms with van der Waals surface area (Å²) in [6.07, 6.45) is 9.81. The zero-order valence-corrected chi connectivity index (χ0v) is 8.37. The van der Waals surface area contributed by atoms with Crippen LogP contribution in [0.1, 0.15) is 12.8 Å². The van der Waals surface area contributed by atoms with Crippen LogP contribution in [0.4, 0.5) is 0 Å². The third kappa shape index (κ3) is 2.15. The van der Waals surface area contributed by atoms with Gasteiger partial charge in [0.15, 0.2) is 10.9 Å². The summed E-state index contributed by atoms with van der Waals surface area (Å²) in [7, 11) is 0. The molecule has 1 aromatic rings. The van der Waals surface area contributed by atoms with Gasteiger partial charge in [-0.3, -0.25) is 0 Å². The van der Waals surface area contributed by atoms with Gasteiger partial charge in [0.05, 0.1) is 0 Å². The van der Waals surface area contributed by atoms with Crippen molar-refractivity contribution < 1.29 is 4.74 Å². The fraction of sp³-hybridized carbons (Fsp3) is 0.182. The van der Waals surface area contributed by atoms with Crippen LogP contribution < -0.4 is 4.74 Å². The van der Waals surface area contributed by atoms with Gasteiger partial charge in [-0.25, -0.2) is 4.98 Å². The number of aromatic nitrogens is 1. The molecule has 2 nitrogen and oxygen atoms in total. The van der Waals surface area contributed by atoms with Crippen molar-refractivity contribution in [2.24, 2.45) is 0 Å². The van der Waals surface area contributed by atoms with Gasteiger partial charge in [-0.05, 0) is 37.1 Å². The molecule has 14 heavy (non-hydrogen) atoms. The number of hydrogen-bond donors (Lipinski definition) is 0. The van der Waals surface area contributed by atoms with E-state index in [1.165, 1.54) is 0 Å². The van der Waals surface area contributed by atoms with Crippen molar-refractivity contribution in [1.29, 1.82) is 0 Å². The average Bonchev–Trinajstić information content (AvgIpc) is 2.23. The summed E-state index contributed by atoms with van der Waals surface area (Å²) >= 11 is 5.86. The zero-order chi connectivity index (χ0) is 9.80. The van der Waals surface area contributed by atoms with Gasteiger partial charge < -0.3 is 4.74 Å². The van der Waals surface area contributed by atoms with E-state index in [2.05, 4.69) is 11.1 Å². The molecule has 1 heterocycles. The Bertz CT molecular complexity index is 385. The van der Waals surface area contributed by atoms with Crippen molar-refractivity contribution in [2.75, 3.05) is 0 Å². The molecule has 3 heteroatoms. The number of pyridine rings is 1. The topological polar surface area (TPSA) is 22.1 Å². The molecule has 0 spiro atoms. The molecule has 1 aliphatic rings. The highest BCUT2D eigenvalue weighted by Gasteiger charge is 2.04. The van der Waals surface area contributed by atoms with Gasteiger partial charge in [0.2, 0.25) is 0 Å². The van der Waals surface area contributed by atoms with Crippen LogP contribution in [0.5, 0.6) is 5.75 Å². The maximum absolute atomic E-state index is 5.86. The highest BCUT2D eigenvalue weighted by Crippen LogP contribution is 2.24. The first kappa shape index (κ1) is 9.28. The van der Waals surface area contributed by atoms with Crippen LogP contribution >= 0.6 is 11.6 Å². The molecule has 0 N–H and O–H groups in total. The van der Waals surface area contributed by atoms with Crippen molar-refractivity contribution in [2.45, 2.75) is 12.8 Å². The summed E-state index contributed by atoms with van der Waals surface area (Å²) in [6.45, 7) is 0. The normalized spacial score (nSPS) is 15.1. The van der Waals surface area contributed by atoms with E-state index in [9.17, 15) is 0 Å². The second kappa shape index (κ2) is 4.29. The predicted octanol–water partition coefficient (Wildman–Crippen LogP) is 3.35. The number of halogens is 1. The Labute approximate surface area is 87.9 Å². The second-order valence-corrected chi connectivity index (χ2v) is 3.34. The largest absolute Gasteiger partial charge is 0.454 e. The lowest BCUT2D eigenvalue weighted by atomic mass is 10.2. The molecule has 0 aromatic carbocycles. The Kier molecular flexibility index (Phi) is 2.84. The van der Waals surface area contributed by atoms with E-state index in [-0.39, 0.29) is 0 Å². The lowest BCUT2D eigenvalue weighted by molar-refractivity contribution is 0.437. The molecule has 1 aromatic heterocycles. The second-order valence-electron chi connectivity index (χ2n) is 2.98. The predicted molar refractivity (Wildman–Crippen MR) is 56.3 cm³/mol. The van der Waals surface area contributed by atoms with Crippen LogP contribution in [0.25, 0.3) is 0 Å². The van der Waals surface area contributed by atoms with E-state index in [0.29, 0.717) is 10.9 Å². The maximum Gasteiger partial charge on any atom is 0.171 e. The molecule has 0 unspecified atom stereocenters. The summed E-state index contributed by atoms with van der Waals surface area (Å²) < 4.78 is 5.57. The molecular formula is C11H10ClNO. The Morgan fingerprint density at radius 2 is 2.29 bits per heavy atom. The maximum atomic E-state index is 5.86. The molecular weight excluding hydrogens is 198 g/mol. The van der Waals surface area contributed by atoms with E-state index < -0.39 is 0 Å². The highest BCUT2D eigenvalue weighted by molar-refractivity contribution is 6.30. The molecule has 0 saturated heterocycles. The SMILES string of the molecule is Clc1ncccc1OC1=CCCC=C1. The first-order valence-electron chi connectivity index (χ1n) is 4.51. The van der Waals surface area contributed by atoms with E-state index in [1.807, 2.05) is 12.2 Å². The average molecular weight is 208 g/mol. The number of hydrogen-bond acceptors (Lipinski definition) is 2. The standard InChI is InChI=1S/C11H10ClNO/c12-11-10(7-4-8-13-11)14-9-5-2-1-3-6-9/h2,4-8H,1,3H2. The summed E-state index contributed by atoms with van der Waals surface area (Å²) in [5.41, 5.74) is 0. The summed E-state index contributed by atoms with van der Waals surface area (Å²) in [6, 6.07) is 3.60. The van der Waals surface area contributed by atoms with Gasteiger partial charge in [-0.15, -0.1) is 0 Å². The lowest BCUT2D eigenvalue weighted by Gasteiger charge is -2.09. The monoisotopic (exact) mass is 207 g/mol. The summed E-state index contributed by atoms with van der Waals surface area (Å²) in [4.78, 5) is 3.93. The number of nitrogens with zero attached hydrogens (tertiary/aromatic N) is 1. The Morgan fingerprint density at radius 3 is 3.00 bits per heavy atom. The molecule has 0 aliphatic heterocycles. The summed E-state index contributed by atoms with van der Waals surface area (Å²) in [5.74, 6) is 1.44. The van der Waals surface area contributed by atoms with Gasteiger partial charge in [-0.2, -0.15) is 0 Å². The van der Waals surface area contributed by atoms with Gasteiger partial charge in [0, 0.05) is 6.20 Å². The van der Waals surface area contributed by atoms with Gasteiger partial charge in [-0.1, -0.05) is 17.7 Å². The quantitative estimate of drug-likeness (QED) is 0.694. The molecule has 0 atom stereocenters. The third-order valence-corrected chi connectivity index (χ3v) is 2.20. The molecule has 72 valence electrons. The molecule has 0 saturated carbocycles. The number of ether oxygens (including phenoxy) is 1. The third-order valence-electron chi connectivity index (χ3n) is 1.91. The number of allylic oxidation sites excluding steroid dienone is 3. The van der Waals surface area contributed by atoms with E-state index >= 15 is 0 Å². The van der Waals surface area contributed by atoms with E-state index in [4.69, 9.17) is 16.3 Å². The first-order chi connectivity index (χ1) is 6.86.